The maximum Gasteiger partial charge on any atom is 0.0853 e. The van der Waals surface area contributed by atoms with Gasteiger partial charge in [-0.25, -0.2) is 0 Å². The maximum absolute atomic E-state index is 4.51. The summed E-state index contributed by atoms with van der Waals surface area (Å²) < 4.78 is 3.17. The van der Waals surface area contributed by atoms with Crippen LogP contribution in [-0.4, -0.2) is 16.3 Å². The van der Waals surface area contributed by atoms with E-state index in [1.807, 2.05) is 17.5 Å². The van der Waals surface area contributed by atoms with Gasteiger partial charge in [-0.15, -0.1) is 11.3 Å². The Morgan fingerprint density at radius 1 is 1.35 bits per heavy atom. The fourth-order valence-corrected chi connectivity index (χ4v) is 3.84. The minimum Gasteiger partial charge on any atom is -0.305 e. The molecule has 0 aromatic carbocycles. The fourth-order valence-electron chi connectivity index (χ4n) is 2.31. The maximum atomic E-state index is 4.51. The van der Waals surface area contributed by atoms with Crippen LogP contribution >= 0.6 is 27.3 Å². The molecule has 0 radical (unpaired) electrons. The van der Waals surface area contributed by atoms with Crippen molar-refractivity contribution < 1.29 is 0 Å². The number of aryl methyl sites for hydroxylation is 1. The first-order valence-electron chi connectivity index (χ1n) is 7.13. The Morgan fingerprint density at radius 2 is 2.10 bits per heavy atom. The number of hydrogen-bond acceptors (Lipinski definition) is 3. The Bertz CT molecular complexity index is 559. The molecule has 5 heteroatoms. The number of thiophene rings is 1. The third-order valence-electron chi connectivity index (χ3n) is 3.27. The molecule has 2 aromatic rings. The fraction of sp³-hybridized carbons (Fsp3) is 0.533. The number of halogens is 1. The lowest BCUT2D eigenvalue weighted by Gasteiger charge is -2.21. The highest BCUT2D eigenvalue weighted by Gasteiger charge is 2.23. The van der Waals surface area contributed by atoms with E-state index in [0.29, 0.717) is 6.04 Å². The van der Waals surface area contributed by atoms with Gasteiger partial charge in [0.1, 0.15) is 0 Å². The van der Waals surface area contributed by atoms with E-state index in [0.717, 1.165) is 17.4 Å². The monoisotopic (exact) mass is 355 g/mol. The van der Waals surface area contributed by atoms with Crippen molar-refractivity contribution in [2.45, 2.75) is 46.2 Å². The molecule has 1 unspecified atom stereocenters. The number of nitrogens with one attached hydrogen (secondary N) is 1. The average Bonchev–Trinajstić information content (AvgIpc) is 3.02. The molecule has 1 N–H and O–H groups in total. The summed E-state index contributed by atoms with van der Waals surface area (Å²) in [5.41, 5.74) is 1.21. The third-order valence-corrected chi connectivity index (χ3v) is 5.18. The second-order valence-electron chi connectivity index (χ2n) is 5.06. The van der Waals surface area contributed by atoms with E-state index in [1.54, 1.807) is 0 Å². The molecule has 0 saturated heterocycles. The normalized spacial score (nSPS) is 13.1. The van der Waals surface area contributed by atoms with Crippen LogP contribution in [0.15, 0.2) is 22.8 Å². The Hall–Kier alpha value is -0.650. The summed E-state index contributed by atoms with van der Waals surface area (Å²) in [6.45, 7) is 9.60. The van der Waals surface area contributed by atoms with Gasteiger partial charge in [0.2, 0.25) is 0 Å². The zero-order valence-electron chi connectivity index (χ0n) is 12.5. The average molecular weight is 356 g/mol. The molecular formula is C15H22BrN3S. The predicted molar refractivity (Wildman–Crippen MR) is 89.5 cm³/mol. The smallest absolute Gasteiger partial charge is 0.0853 e. The quantitative estimate of drug-likeness (QED) is 0.823. The molecule has 0 saturated carbocycles. The zero-order valence-corrected chi connectivity index (χ0v) is 14.9. The van der Waals surface area contributed by atoms with E-state index >= 15 is 0 Å². The molecule has 0 fully saturated rings. The number of hydrogen-bond donors (Lipinski definition) is 1. The van der Waals surface area contributed by atoms with Crippen molar-refractivity contribution in [2.24, 2.45) is 0 Å². The van der Waals surface area contributed by atoms with Crippen LogP contribution in [0.3, 0.4) is 0 Å². The highest BCUT2D eigenvalue weighted by Crippen LogP contribution is 2.34. The molecule has 110 valence electrons. The van der Waals surface area contributed by atoms with Gasteiger partial charge in [-0.2, -0.15) is 5.10 Å². The molecule has 20 heavy (non-hydrogen) atoms. The first-order valence-corrected chi connectivity index (χ1v) is 8.74. The highest BCUT2D eigenvalue weighted by molar-refractivity contribution is 9.10. The molecular weight excluding hydrogens is 334 g/mol. The van der Waals surface area contributed by atoms with Crippen LogP contribution in [-0.2, 0) is 6.42 Å². The van der Waals surface area contributed by atoms with Crippen LogP contribution in [0.5, 0.6) is 0 Å². The summed E-state index contributed by atoms with van der Waals surface area (Å²) in [6, 6.07) is 5.02. The molecule has 0 aliphatic carbocycles. The predicted octanol–water partition coefficient (Wildman–Crippen LogP) is 4.55. The SMILES string of the molecule is CCNC(c1ccc(CC)s1)c1c(Br)cnn1C(C)C. The molecule has 0 amide bonds. The molecule has 3 nitrogen and oxygen atoms in total. The van der Waals surface area contributed by atoms with Gasteiger partial charge in [-0.1, -0.05) is 13.8 Å². The molecule has 2 rings (SSSR count). The summed E-state index contributed by atoms with van der Waals surface area (Å²) >= 11 is 5.54. The Morgan fingerprint density at radius 3 is 2.65 bits per heavy atom. The second-order valence-corrected chi connectivity index (χ2v) is 7.12. The van der Waals surface area contributed by atoms with E-state index < -0.39 is 0 Å². The van der Waals surface area contributed by atoms with E-state index in [2.05, 4.69) is 70.9 Å². The van der Waals surface area contributed by atoms with E-state index in [-0.39, 0.29) is 6.04 Å². The summed E-state index contributed by atoms with van der Waals surface area (Å²) in [7, 11) is 0. The molecule has 2 aromatic heterocycles. The lowest BCUT2D eigenvalue weighted by atomic mass is 10.1. The Labute approximate surface area is 133 Å². The Balaban J connectivity index is 2.45. The largest absolute Gasteiger partial charge is 0.305 e. The van der Waals surface area contributed by atoms with Crippen molar-refractivity contribution in [1.29, 1.82) is 0 Å². The van der Waals surface area contributed by atoms with Gasteiger partial charge in [-0.3, -0.25) is 4.68 Å². The molecule has 0 bridgehead atoms. The van der Waals surface area contributed by atoms with Gasteiger partial charge in [-0.05, 0) is 54.9 Å². The second kappa shape index (κ2) is 6.87. The number of rotatable bonds is 6. The van der Waals surface area contributed by atoms with Crippen LogP contribution < -0.4 is 5.32 Å². The van der Waals surface area contributed by atoms with Gasteiger partial charge in [0.05, 0.1) is 22.4 Å². The van der Waals surface area contributed by atoms with Crippen LogP contribution in [0.1, 0.15) is 55.2 Å². The Kier molecular flexibility index (Phi) is 5.41. The van der Waals surface area contributed by atoms with Crippen molar-refractivity contribution in [1.82, 2.24) is 15.1 Å². The summed E-state index contributed by atoms with van der Waals surface area (Å²) in [5, 5.41) is 8.10. The highest BCUT2D eigenvalue weighted by atomic mass is 79.9. The summed E-state index contributed by atoms with van der Waals surface area (Å²) in [5.74, 6) is 0. The van der Waals surface area contributed by atoms with Gasteiger partial charge < -0.3 is 5.32 Å². The number of nitrogens with zero attached hydrogens (tertiary/aromatic N) is 2. The molecule has 0 aliphatic heterocycles. The lowest BCUT2D eigenvalue weighted by Crippen LogP contribution is -2.25. The minimum absolute atomic E-state index is 0.199. The molecule has 0 spiro atoms. The van der Waals surface area contributed by atoms with Gasteiger partial charge >= 0.3 is 0 Å². The minimum atomic E-state index is 0.199. The standard InChI is InChI=1S/C15H22BrN3S/c1-5-11-7-8-13(20-11)14(17-6-2)15-12(16)9-18-19(15)10(3)4/h7-10,14,17H,5-6H2,1-4H3. The first kappa shape index (κ1) is 15.7. The van der Waals surface area contributed by atoms with Crippen molar-refractivity contribution in [3.8, 4) is 0 Å². The van der Waals surface area contributed by atoms with E-state index in [4.69, 9.17) is 0 Å². The van der Waals surface area contributed by atoms with Gasteiger partial charge in [0.15, 0.2) is 0 Å². The lowest BCUT2D eigenvalue weighted by molar-refractivity contribution is 0.477. The van der Waals surface area contributed by atoms with Crippen LogP contribution in [0.4, 0.5) is 0 Å². The third kappa shape index (κ3) is 3.15. The van der Waals surface area contributed by atoms with Crippen molar-refractivity contribution in [3.05, 3.63) is 38.3 Å². The van der Waals surface area contributed by atoms with Crippen LogP contribution in [0, 0.1) is 0 Å². The first-order chi connectivity index (χ1) is 9.58. The topological polar surface area (TPSA) is 29.9 Å². The van der Waals surface area contributed by atoms with E-state index in [9.17, 15) is 0 Å². The van der Waals surface area contributed by atoms with Crippen LogP contribution in [0.2, 0.25) is 0 Å². The summed E-state index contributed by atoms with van der Waals surface area (Å²) in [6.07, 6.45) is 2.99. The van der Waals surface area contributed by atoms with Crippen molar-refractivity contribution >= 4 is 27.3 Å². The van der Waals surface area contributed by atoms with E-state index in [1.165, 1.54) is 15.4 Å². The van der Waals surface area contributed by atoms with Gasteiger partial charge in [0.25, 0.3) is 0 Å². The number of aromatic nitrogens is 2. The zero-order chi connectivity index (χ0) is 14.7. The van der Waals surface area contributed by atoms with Crippen LogP contribution in [0.25, 0.3) is 0 Å². The van der Waals surface area contributed by atoms with Crippen molar-refractivity contribution in [2.75, 3.05) is 6.54 Å². The molecule has 2 heterocycles. The molecule has 1 atom stereocenters. The van der Waals surface area contributed by atoms with Gasteiger partial charge in [0, 0.05) is 15.8 Å². The summed E-state index contributed by atoms with van der Waals surface area (Å²) in [4.78, 5) is 2.78. The molecule has 0 aliphatic rings. The van der Waals surface area contributed by atoms with Crippen molar-refractivity contribution in [3.63, 3.8) is 0 Å².